The maximum Gasteiger partial charge on any atom is 0.265 e. The molecule has 0 atom stereocenters. The van der Waals surface area contributed by atoms with Crippen LogP contribution in [0.1, 0.15) is 23.2 Å². The minimum Gasteiger partial charge on any atom is -0.260 e. The summed E-state index contributed by atoms with van der Waals surface area (Å²) in [7, 11) is 0. The standard InChI is InChI=1S/C8H7Cl2F2N/c1-4-7(8(11)12)5(2-9)6(10)3-13-4/h3,8H,2H2,1H3. The second-order valence-electron chi connectivity index (χ2n) is 2.52. The predicted molar refractivity (Wildman–Crippen MR) is 48.5 cm³/mol. The average Bonchev–Trinajstić information content (AvgIpc) is 2.07. The van der Waals surface area contributed by atoms with Gasteiger partial charge in [-0.25, -0.2) is 8.78 Å². The fraction of sp³-hybridized carbons (Fsp3) is 0.375. The molecule has 1 aromatic rings. The number of nitrogens with zero attached hydrogens (tertiary/aromatic N) is 1. The Bertz CT molecular complexity index is 315. The molecule has 0 aliphatic heterocycles. The van der Waals surface area contributed by atoms with Crippen LogP contribution in [-0.2, 0) is 5.88 Å². The van der Waals surface area contributed by atoms with Gasteiger partial charge >= 0.3 is 0 Å². The van der Waals surface area contributed by atoms with E-state index in [4.69, 9.17) is 23.2 Å². The topological polar surface area (TPSA) is 12.9 Å². The van der Waals surface area contributed by atoms with Crippen molar-refractivity contribution in [3.8, 4) is 0 Å². The van der Waals surface area contributed by atoms with Gasteiger partial charge in [0.2, 0.25) is 0 Å². The molecule has 0 bridgehead atoms. The van der Waals surface area contributed by atoms with Gasteiger partial charge in [-0.15, -0.1) is 11.6 Å². The molecule has 13 heavy (non-hydrogen) atoms. The average molecular weight is 226 g/mol. The van der Waals surface area contributed by atoms with E-state index in [1.807, 2.05) is 0 Å². The Morgan fingerprint density at radius 3 is 2.54 bits per heavy atom. The van der Waals surface area contributed by atoms with Gasteiger partial charge in [-0.2, -0.15) is 0 Å². The predicted octanol–water partition coefficient (Wildman–Crippen LogP) is 3.72. The van der Waals surface area contributed by atoms with Gasteiger partial charge in [0.1, 0.15) is 0 Å². The molecule has 1 aromatic heterocycles. The lowest BCUT2D eigenvalue weighted by molar-refractivity contribution is 0.149. The first kappa shape index (κ1) is 10.7. The third-order valence-electron chi connectivity index (χ3n) is 1.73. The van der Waals surface area contributed by atoms with Gasteiger partial charge in [0.25, 0.3) is 6.43 Å². The highest BCUT2D eigenvalue weighted by Gasteiger charge is 2.18. The van der Waals surface area contributed by atoms with Crippen molar-refractivity contribution in [2.45, 2.75) is 19.2 Å². The highest BCUT2D eigenvalue weighted by Crippen LogP contribution is 2.30. The molecular formula is C8H7Cl2F2N. The number of aromatic nitrogens is 1. The molecule has 0 fully saturated rings. The molecule has 1 rings (SSSR count). The van der Waals surface area contributed by atoms with Crippen molar-refractivity contribution < 1.29 is 8.78 Å². The maximum absolute atomic E-state index is 12.5. The summed E-state index contributed by atoms with van der Waals surface area (Å²) in [6.45, 7) is 1.51. The smallest absolute Gasteiger partial charge is 0.260 e. The minimum atomic E-state index is -2.58. The number of aryl methyl sites for hydroxylation is 1. The first-order valence-electron chi connectivity index (χ1n) is 3.56. The monoisotopic (exact) mass is 225 g/mol. The minimum absolute atomic E-state index is 0.0259. The molecule has 1 nitrogen and oxygen atoms in total. The molecule has 0 unspecified atom stereocenters. The molecular weight excluding hydrogens is 219 g/mol. The van der Waals surface area contributed by atoms with Crippen molar-refractivity contribution in [2.75, 3.05) is 0 Å². The highest BCUT2D eigenvalue weighted by molar-refractivity contribution is 6.32. The number of hydrogen-bond donors (Lipinski definition) is 0. The quantitative estimate of drug-likeness (QED) is 0.700. The summed E-state index contributed by atoms with van der Waals surface area (Å²) < 4.78 is 25.0. The van der Waals surface area contributed by atoms with E-state index in [1.54, 1.807) is 0 Å². The molecule has 0 aliphatic rings. The summed E-state index contributed by atoms with van der Waals surface area (Å²) in [6.07, 6.45) is -1.25. The number of alkyl halides is 3. The Balaban J connectivity index is 3.35. The summed E-state index contributed by atoms with van der Waals surface area (Å²) in [5.74, 6) is -0.0259. The zero-order chi connectivity index (χ0) is 10.0. The van der Waals surface area contributed by atoms with Gasteiger partial charge in [0.15, 0.2) is 0 Å². The summed E-state index contributed by atoms with van der Waals surface area (Å²) in [5.41, 5.74) is 0.392. The van der Waals surface area contributed by atoms with Crippen LogP contribution in [0.3, 0.4) is 0 Å². The Hall–Kier alpha value is -0.410. The zero-order valence-corrected chi connectivity index (χ0v) is 8.33. The molecule has 0 radical (unpaired) electrons. The number of rotatable bonds is 2. The fourth-order valence-electron chi connectivity index (χ4n) is 1.07. The van der Waals surface area contributed by atoms with Crippen LogP contribution in [0, 0.1) is 6.92 Å². The van der Waals surface area contributed by atoms with Gasteiger partial charge in [-0.1, -0.05) is 11.6 Å². The molecule has 0 aliphatic carbocycles. The normalized spacial score (nSPS) is 10.9. The molecule has 0 saturated carbocycles. The molecule has 0 amide bonds. The van der Waals surface area contributed by atoms with E-state index in [2.05, 4.69) is 4.98 Å². The third-order valence-corrected chi connectivity index (χ3v) is 2.32. The largest absolute Gasteiger partial charge is 0.265 e. The van der Waals surface area contributed by atoms with E-state index in [1.165, 1.54) is 13.1 Å². The molecule has 0 spiro atoms. The second kappa shape index (κ2) is 4.20. The molecule has 5 heteroatoms. The maximum atomic E-state index is 12.5. The van der Waals surface area contributed by atoms with E-state index in [0.29, 0.717) is 0 Å². The molecule has 0 N–H and O–H groups in total. The van der Waals surface area contributed by atoms with Crippen LogP contribution >= 0.6 is 23.2 Å². The van der Waals surface area contributed by atoms with Crippen LogP contribution in [-0.4, -0.2) is 4.98 Å². The van der Waals surface area contributed by atoms with Crippen molar-refractivity contribution >= 4 is 23.2 Å². The zero-order valence-electron chi connectivity index (χ0n) is 6.82. The van der Waals surface area contributed by atoms with Crippen LogP contribution in [0.4, 0.5) is 8.78 Å². The van der Waals surface area contributed by atoms with Crippen LogP contribution in [0.25, 0.3) is 0 Å². The van der Waals surface area contributed by atoms with Gasteiger partial charge in [-0.05, 0) is 12.5 Å². The summed E-state index contributed by atoms with van der Waals surface area (Å²) in [4.78, 5) is 3.74. The van der Waals surface area contributed by atoms with Crippen molar-refractivity contribution in [2.24, 2.45) is 0 Å². The second-order valence-corrected chi connectivity index (χ2v) is 3.19. The van der Waals surface area contributed by atoms with Crippen molar-refractivity contribution in [3.05, 3.63) is 28.0 Å². The lowest BCUT2D eigenvalue weighted by Gasteiger charge is -2.10. The SMILES string of the molecule is Cc1ncc(Cl)c(CCl)c1C(F)F. The van der Waals surface area contributed by atoms with Crippen LogP contribution in [0.15, 0.2) is 6.20 Å². The third kappa shape index (κ3) is 2.09. The van der Waals surface area contributed by atoms with E-state index < -0.39 is 6.43 Å². The van der Waals surface area contributed by atoms with Crippen LogP contribution < -0.4 is 0 Å². The number of pyridine rings is 1. The lowest BCUT2D eigenvalue weighted by Crippen LogP contribution is -1.99. The highest BCUT2D eigenvalue weighted by atomic mass is 35.5. The van der Waals surface area contributed by atoms with Gasteiger partial charge in [0.05, 0.1) is 5.02 Å². The van der Waals surface area contributed by atoms with Gasteiger partial charge < -0.3 is 0 Å². The molecule has 1 heterocycles. The van der Waals surface area contributed by atoms with E-state index in [-0.39, 0.29) is 27.7 Å². The van der Waals surface area contributed by atoms with Crippen molar-refractivity contribution in [3.63, 3.8) is 0 Å². The molecule has 0 saturated heterocycles. The Labute approximate surface area is 84.7 Å². The Morgan fingerprint density at radius 1 is 1.54 bits per heavy atom. The number of hydrogen-bond acceptors (Lipinski definition) is 1. The summed E-state index contributed by atoms with van der Waals surface area (Å²) in [5, 5.41) is 0.191. The first-order chi connectivity index (χ1) is 6.07. The van der Waals surface area contributed by atoms with E-state index in [9.17, 15) is 8.78 Å². The summed E-state index contributed by atoms with van der Waals surface area (Å²) in [6, 6.07) is 0. The van der Waals surface area contributed by atoms with E-state index in [0.717, 1.165) is 0 Å². The molecule has 0 aromatic carbocycles. The Morgan fingerprint density at radius 2 is 2.15 bits per heavy atom. The first-order valence-corrected chi connectivity index (χ1v) is 4.47. The number of halogens is 4. The van der Waals surface area contributed by atoms with Crippen molar-refractivity contribution in [1.29, 1.82) is 0 Å². The lowest BCUT2D eigenvalue weighted by atomic mass is 10.1. The van der Waals surface area contributed by atoms with Gasteiger partial charge in [0, 0.05) is 23.3 Å². The van der Waals surface area contributed by atoms with Crippen LogP contribution in [0.5, 0.6) is 0 Å². The van der Waals surface area contributed by atoms with Crippen LogP contribution in [0.2, 0.25) is 5.02 Å². The van der Waals surface area contributed by atoms with E-state index >= 15 is 0 Å². The Kier molecular flexibility index (Phi) is 3.45. The van der Waals surface area contributed by atoms with Gasteiger partial charge in [-0.3, -0.25) is 4.98 Å². The molecule has 72 valence electrons. The van der Waals surface area contributed by atoms with Crippen molar-refractivity contribution in [1.82, 2.24) is 4.98 Å². The fourth-order valence-corrected chi connectivity index (χ4v) is 1.65. The summed E-state index contributed by atoms with van der Waals surface area (Å²) >= 11 is 11.2.